The molecule has 0 aliphatic heterocycles. The molecule has 0 heterocycles. The average Bonchev–Trinajstić information content (AvgIpc) is 2.64. The van der Waals surface area contributed by atoms with E-state index in [0.29, 0.717) is 10.9 Å². The first-order valence-corrected chi connectivity index (χ1v) is 7.80. The number of halogens is 1. The first kappa shape index (κ1) is 15.9. The van der Waals surface area contributed by atoms with Gasteiger partial charge in [0.1, 0.15) is 0 Å². The van der Waals surface area contributed by atoms with Crippen LogP contribution in [0.5, 0.6) is 0 Å². The molecule has 0 saturated heterocycles. The molecule has 118 valence electrons. The van der Waals surface area contributed by atoms with Crippen LogP contribution in [0, 0.1) is 0 Å². The minimum absolute atomic E-state index is 0.472. The fraction of sp³-hybridized carbons (Fsp3) is 0. The summed E-state index contributed by atoms with van der Waals surface area (Å²) in [5.41, 5.74) is 5.45. The van der Waals surface area contributed by atoms with Crippen LogP contribution >= 0.6 is 11.6 Å². The minimum Gasteiger partial charge on any atom is -0.276 e. The summed E-state index contributed by atoms with van der Waals surface area (Å²) < 4.78 is 0. The summed E-state index contributed by atoms with van der Waals surface area (Å²) in [6.07, 6.45) is 0. The molecular formula is C19H15ClN4. The smallest absolute Gasteiger partial charge is 0.201 e. The van der Waals surface area contributed by atoms with Crippen molar-refractivity contribution in [2.24, 2.45) is 15.3 Å². The van der Waals surface area contributed by atoms with E-state index in [4.69, 9.17) is 11.6 Å². The third-order valence-electron chi connectivity index (χ3n) is 3.18. The molecule has 5 heteroatoms. The second-order valence-corrected chi connectivity index (χ2v) is 5.39. The maximum absolute atomic E-state index is 5.95. The van der Waals surface area contributed by atoms with Gasteiger partial charge in [-0.2, -0.15) is 5.10 Å². The Morgan fingerprint density at radius 2 is 1.38 bits per heavy atom. The second-order valence-electron chi connectivity index (χ2n) is 4.96. The number of hydrazone groups is 1. The Bertz CT molecular complexity index is 828. The lowest BCUT2D eigenvalue weighted by atomic mass is 10.2. The van der Waals surface area contributed by atoms with Gasteiger partial charge < -0.3 is 0 Å². The Balaban J connectivity index is 1.88. The largest absolute Gasteiger partial charge is 0.276 e. The Morgan fingerprint density at radius 3 is 2.04 bits per heavy atom. The summed E-state index contributed by atoms with van der Waals surface area (Å²) >= 11 is 5.95. The normalized spacial score (nSPS) is 11.6. The van der Waals surface area contributed by atoms with E-state index >= 15 is 0 Å². The van der Waals surface area contributed by atoms with Crippen molar-refractivity contribution in [3.05, 3.63) is 95.5 Å². The molecule has 0 unspecified atom stereocenters. The first-order chi connectivity index (χ1) is 11.8. The number of para-hydroxylation sites is 1. The van der Waals surface area contributed by atoms with Crippen molar-refractivity contribution in [3.63, 3.8) is 0 Å². The van der Waals surface area contributed by atoms with E-state index in [9.17, 15) is 0 Å². The summed E-state index contributed by atoms with van der Waals surface area (Å²) in [7, 11) is 0. The molecule has 0 bridgehead atoms. The first-order valence-electron chi connectivity index (χ1n) is 7.43. The van der Waals surface area contributed by atoms with E-state index in [-0.39, 0.29) is 0 Å². The Hall–Kier alpha value is -2.98. The predicted octanol–water partition coefficient (Wildman–Crippen LogP) is 5.90. The molecule has 0 aromatic heterocycles. The van der Waals surface area contributed by atoms with Crippen LogP contribution in [0.1, 0.15) is 5.56 Å². The highest BCUT2D eigenvalue weighted by Gasteiger charge is 2.03. The molecule has 0 radical (unpaired) electrons. The number of hydrogen-bond acceptors (Lipinski definition) is 3. The number of hydrogen-bond donors (Lipinski definition) is 1. The lowest BCUT2D eigenvalue weighted by Crippen LogP contribution is -2.01. The van der Waals surface area contributed by atoms with Gasteiger partial charge in [-0.15, -0.1) is 10.2 Å². The SMILES string of the molecule is Clc1ccc(/C(N=Nc2ccccc2)=N\Nc2ccccc2)cc1. The minimum atomic E-state index is 0.472. The summed E-state index contributed by atoms with van der Waals surface area (Å²) in [6, 6.07) is 26.5. The molecule has 0 amide bonds. The van der Waals surface area contributed by atoms with E-state index in [0.717, 1.165) is 16.9 Å². The van der Waals surface area contributed by atoms with E-state index in [1.807, 2.05) is 72.8 Å². The molecule has 0 aliphatic rings. The second kappa shape index (κ2) is 8.04. The topological polar surface area (TPSA) is 49.1 Å². The van der Waals surface area contributed by atoms with Crippen molar-refractivity contribution < 1.29 is 0 Å². The zero-order valence-corrected chi connectivity index (χ0v) is 13.6. The van der Waals surface area contributed by atoms with E-state index < -0.39 is 0 Å². The molecule has 0 saturated carbocycles. The van der Waals surface area contributed by atoms with Gasteiger partial charge in [-0.05, 0) is 48.5 Å². The summed E-state index contributed by atoms with van der Waals surface area (Å²) in [5, 5.41) is 13.6. The molecule has 0 spiro atoms. The zero-order valence-electron chi connectivity index (χ0n) is 12.8. The Morgan fingerprint density at radius 1 is 0.750 bits per heavy atom. The molecule has 3 aromatic carbocycles. The highest BCUT2D eigenvalue weighted by Crippen LogP contribution is 2.15. The van der Waals surface area contributed by atoms with Gasteiger partial charge in [0.25, 0.3) is 0 Å². The van der Waals surface area contributed by atoms with Gasteiger partial charge in [0.2, 0.25) is 5.84 Å². The molecule has 1 N–H and O–H groups in total. The monoisotopic (exact) mass is 334 g/mol. The number of nitrogens with one attached hydrogen (secondary N) is 1. The van der Waals surface area contributed by atoms with Gasteiger partial charge in [-0.3, -0.25) is 5.43 Å². The summed E-state index contributed by atoms with van der Waals surface area (Å²) in [5.74, 6) is 0.472. The number of rotatable bonds is 4. The molecular weight excluding hydrogens is 320 g/mol. The van der Waals surface area contributed by atoms with Gasteiger partial charge in [0.05, 0.1) is 11.4 Å². The molecule has 4 nitrogen and oxygen atoms in total. The predicted molar refractivity (Wildman–Crippen MR) is 99.0 cm³/mol. The maximum Gasteiger partial charge on any atom is 0.201 e. The van der Waals surface area contributed by atoms with Crippen LogP contribution in [-0.4, -0.2) is 5.84 Å². The third kappa shape index (κ3) is 4.51. The van der Waals surface area contributed by atoms with Gasteiger partial charge in [-0.1, -0.05) is 48.0 Å². The zero-order chi connectivity index (χ0) is 16.6. The van der Waals surface area contributed by atoms with Gasteiger partial charge in [0.15, 0.2) is 0 Å². The highest BCUT2D eigenvalue weighted by molar-refractivity contribution is 6.30. The van der Waals surface area contributed by atoms with Gasteiger partial charge in [-0.25, -0.2) is 0 Å². The molecule has 0 aliphatic carbocycles. The van der Waals surface area contributed by atoms with Gasteiger partial charge in [0, 0.05) is 10.6 Å². The quantitative estimate of drug-likeness (QED) is 0.274. The van der Waals surface area contributed by atoms with Crippen molar-refractivity contribution in [3.8, 4) is 0 Å². The molecule has 3 aromatic rings. The lowest BCUT2D eigenvalue weighted by Gasteiger charge is -2.03. The fourth-order valence-corrected chi connectivity index (χ4v) is 2.10. The Labute approximate surface area is 145 Å². The average molecular weight is 335 g/mol. The molecule has 0 fully saturated rings. The Kier molecular flexibility index (Phi) is 5.32. The third-order valence-corrected chi connectivity index (χ3v) is 3.44. The lowest BCUT2D eigenvalue weighted by molar-refractivity contribution is 1.22. The van der Waals surface area contributed by atoms with Crippen LogP contribution in [0.3, 0.4) is 0 Å². The number of azo groups is 1. The van der Waals surface area contributed by atoms with Crippen LogP contribution in [0.4, 0.5) is 11.4 Å². The maximum atomic E-state index is 5.95. The number of anilines is 1. The van der Waals surface area contributed by atoms with E-state index in [1.165, 1.54) is 0 Å². The standard InChI is InChI=1S/C19H15ClN4/c20-16-13-11-15(12-14-16)19(23-21-17-7-3-1-4-8-17)24-22-18-9-5-2-6-10-18/h1-14,21H/b23-19+,24-22?. The van der Waals surface area contributed by atoms with Crippen LogP contribution in [0.2, 0.25) is 5.02 Å². The van der Waals surface area contributed by atoms with E-state index in [2.05, 4.69) is 20.8 Å². The van der Waals surface area contributed by atoms with Crippen LogP contribution in [0.15, 0.2) is 100 Å². The van der Waals surface area contributed by atoms with Gasteiger partial charge >= 0.3 is 0 Å². The van der Waals surface area contributed by atoms with Crippen molar-refractivity contribution in [2.75, 3.05) is 5.43 Å². The van der Waals surface area contributed by atoms with E-state index in [1.54, 1.807) is 12.1 Å². The molecule has 24 heavy (non-hydrogen) atoms. The summed E-state index contributed by atoms with van der Waals surface area (Å²) in [6.45, 7) is 0. The highest BCUT2D eigenvalue weighted by atomic mass is 35.5. The fourth-order valence-electron chi connectivity index (χ4n) is 1.97. The number of nitrogens with zero attached hydrogens (tertiary/aromatic N) is 3. The molecule has 0 atom stereocenters. The van der Waals surface area contributed by atoms with Crippen LogP contribution in [-0.2, 0) is 0 Å². The van der Waals surface area contributed by atoms with Crippen molar-refractivity contribution in [1.29, 1.82) is 0 Å². The summed E-state index contributed by atoms with van der Waals surface area (Å²) in [4.78, 5) is 0. The number of benzene rings is 3. The molecule has 3 rings (SSSR count). The van der Waals surface area contributed by atoms with Crippen LogP contribution < -0.4 is 5.43 Å². The number of amidine groups is 1. The van der Waals surface area contributed by atoms with Crippen LogP contribution in [0.25, 0.3) is 0 Å². The van der Waals surface area contributed by atoms with Crippen molar-refractivity contribution in [2.45, 2.75) is 0 Å². The van der Waals surface area contributed by atoms with Crippen molar-refractivity contribution in [1.82, 2.24) is 0 Å². The van der Waals surface area contributed by atoms with Crippen molar-refractivity contribution >= 4 is 28.8 Å².